The normalized spacial score (nSPS) is 10.3. The second kappa shape index (κ2) is 6.91. The van der Waals surface area contributed by atoms with E-state index in [1.807, 2.05) is 12.1 Å². The predicted octanol–water partition coefficient (Wildman–Crippen LogP) is 4.38. The average Bonchev–Trinajstić information content (AvgIpc) is 2.41. The predicted molar refractivity (Wildman–Crippen MR) is 86.4 cm³/mol. The van der Waals surface area contributed by atoms with Crippen molar-refractivity contribution < 1.29 is 4.79 Å². The van der Waals surface area contributed by atoms with Gasteiger partial charge in [0.05, 0.1) is 10.6 Å². The molecule has 0 atom stereocenters. The molecule has 2 aromatic carbocycles. The van der Waals surface area contributed by atoms with Crippen LogP contribution in [0.2, 0.25) is 5.02 Å². The molecule has 0 fully saturated rings. The lowest BCUT2D eigenvalue weighted by molar-refractivity contribution is 0.0954. The number of benzene rings is 2. The van der Waals surface area contributed by atoms with Crippen molar-refractivity contribution in [3.63, 3.8) is 0 Å². The number of hydrogen-bond acceptors (Lipinski definition) is 1. The SMILES string of the molecule is Cc1cccc(CCNC(=O)c2cc(Br)ccc2Cl)c1. The van der Waals surface area contributed by atoms with E-state index >= 15 is 0 Å². The van der Waals surface area contributed by atoms with Gasteiger partial charge in [-0.3, -0.25) is 4.79 Å². The van der Waals surface area contributed by atoms with E-state index in [1.54, 1.807) is 12.1 Å². The maximum Gasteiger partial charge on any atom is 0.252 e. The fourth-order valence-corrected chi connectivity index (χ4v) is 2.52. The van der Waals surface area contributed by atoms with Crippen LogP contribution in [-0.2, 0) is 6.42 Å². The Morgan fingerprint density at radius 2 is 2.05 bits per heavy atom. The Morgan fingerprint density at radius 1 is 1.25 bits per heavy atom. The first-order chi connectivity index (χ1) is 9.56. The zero-order valence-electron chi connectivity index (χ0n) is 11.1. The molecule has 2 rings (SSSR count). The van der Waals surface area contributed by atoms with Crippen LogP contribution < -0.4 is 5.32 Å². The number of hydrogen-bond donors (Lipinski definition) is 1. The Labute approximate surface area is 132 Å². The van der Waals surface area contributed by atoms with E-state index in [2.05, 4.69) is 46.4 Å². The number of rotatable bonds is 4. The van der Waals surface area contributed by atoms with Gasteiger partial charge in [0.25, 0.3) is 5.91 Å². The number of amides is 1. The van der Waals surface area contributed by atoms with Crippen molar-refractivity contribution in [2.24, 2.45) is 0 Å². The van der Waals surface area contributed by atoms with Crippen molar-refractivity contribution in [3.8, 4) is 0 Å². The van der Waals surface area contributed by atoms with E-state index in [1.165, 1.54) is 11.1 Å². The van der Waals surface area contributed by atoms with Crippen LogP contribution in [0.25, 0.3) is 0 Å². The molecule has 0 radical (unpaired) electrons. The number of nitrogens with one attached hydrogen (secondary N) is 1. The summed E-state index contributed by atoms with van der Waals surface area (Å²) >= 11 is 9.36. The summed E-state index contributed by atoms with van der Waals surface area (Å²) in [7, 11) is 0. The molecule has 0 bridgehead atoms. The maximum absolute atomic E-state index is 12.1. The van der Waals surface area contributed by atoms with Gasteiger partial charge in [0.2, 0.25) is 0 Å². The standard InChI is InChI=1S/C16H15BrClNO/c1-11-3-2-4-12(9-11)7-8-19-16(20)14-10-13(17)5-6-15(14)18/h2-6,9-10H,7-8H2,1H3,(H,19,20). The van der Waals surface area contributed by atoms with Gasteiger partial charge in [-0.1, -0.05) is 57.4 Å². The third-order valence-electron chi connectivity index (χ3n) is 2.95. The molecular weight excluding hydrogens is 338 g/mol. The van der Waals surface area contributed by atoms with E-state index < -0.39 is 0 Å². The molecule has 0 aliphatic rings. The number of halogens is 2. The average molecular weight is 353 g/mol. The molecule has 0 aliphatic heterocycles. The monoisotopic (exact) mass is 351 g/mol. The van der Waals surface area contributed by atoms with Gasteiger partial charge in [0, 0.05) is 11.0 Å². The summed E-state index contributed by atoms with van der Waals surface area (Å²) in [6, 6.07) is 13.5. The van der Waals surface area contributed by atoms with Crippen LogP contribution in [-0.4, -0.2) is 12.5 Å². The molecule has 0 aromatic heterocycles. The molecule has 1 N–H and O–H groups in total. The fourth-order valence-electron chi connectivity index (χ4n) is 1.95. The van der Waals surface area contributed by atoms with Gasteiger partial charge in [-0.05, 0) is 37.1 Å². The van der Waals surface area contributed by atoms with Gasteiger partial charge in [-0.2, -0.15) is 0 Å². The second-order valence-electron chi connectivity index (χ2n) is 4.62. The van der Waals surface area contributed by atoms with Crippen LogP contribution in [0.1, 0.15) is 21.5 Å². The van der Waals surface area contributed by atoms with Crippen molar-refractivity contribution in [1.82, 2.24) is 5.32 Å². The Balaban J connectivity index is 1.94. The summed E-state index contributed by atoms with van der Waals surface area (Å²) in [6.45, 7) is 2.65. The Kier molecular flexibility index (Phi) is 5.21. The van der Waals surface area contributed by atoms with E-state index in [-0.39, 0.29) is 5.91 Å². The van der Waals surface area contributed by atoms with E-state index in [9.17, 15) is 4.79 Å². The summed E-state index contributed by atoms with van der Waals surface area (Å²) in [5.74, 6) is -0.149. The highest BCUT2D eigenvalue weighted by Crippen LogP contribution is 2.20. The van der Waals surface area contributed by atoms with Gasteiger partial charge in [0.1, 0.15) is 0 Å². The minimum Gasteiger partial charge on any atom is -0.352 e. The van der Waals surface area contributed by atoms with Crippen LogP contribution in [0.5, 0.6) is 0 Å². The Bertz CT molecular complexity index is 628. The van der Waals surface area contributed by atoms with Crippen LogP contribution in [0.15, 0.2) is 46.9 Å². The van der Waals surface area contributed by atoms with Crippen LogP contribution in [0.3, 0.4) is 0 Å². The molecule has 0 unspecified atom stereocenters. The minimum atomic E-state index is -0.149. The molecule has 4 heteroatoms. The molecule has 20 heavy (non-hydrogen) atoms. The summed E-state index contributed by atoms with van der Waals surface area (Å²) in [4.78, 5) is 12.1. The molecule has 0 heterocycles. The Morgan fingerprint density at radius 3 is 2.80 bits per heavy atom. The topological polar surface area (TPSA) is 29.1 Å². The number of aryl methyl sites for hydroxylation is 1. The third kappa shape index (κ3) is 4.09. The minimum absolute atomic E-state index is 0.149. The quantitative estimate of drug-likeness (QED) is 0.869. The summed E-state index contributed by atoms with van der Waals surface area (Å²) in [6.07, 6.45) is 0.805. The van der Waals surface area contributed by atoms with E-state index in [0.717, 1.165) is 10.9 Å². The molecule has 0 spiro atoms. The van der Waals surface area contributed by atoms with Gasteiger partial charge in [0.15, 0.2) is 0 Å². The van der Waals surface area contributed by atoms with Crippen molar-refractivity contribution in [1.29, 1.82) is 0 Å². The lowest BCUT2D eigenvalue weighted by atomic mass is 10.1. The van der Waals surface area contributed by atoms with Crippen LogP contribution >= 0.6 is 27.5 Å². The lowest BCUT2D eigenvalue weighted by Crippen LogP contribution is -2.26. The smallest absolute Gasteiger partial charge is 0.252 e. The zero-order valence-corrected chi connectivity index (χ0v) is 13.5. The second-order valence-corrected chi connectivity index (χ2v) is 5.94. The van der Waals surface area contributed by atoms with Crippen molar-refractivity contribution in [2.45, 2.75) is 13.3 Å². The highest BCUT2D eigenvalue weighted by molar-refractivity contribution is 9.10. The maximum atomic E-state index is 12.1. The molecular formula is C16H15BrClNO. The van der Waals surface area contributed by atoms with E-state index in [4.69, 9.17) is 11.6 Å². The summed E-state index contributed by atoms with van der Waals surface area (Å²) in [5, 5.41) is 3.35. The highest BCUT2D eigenvalue weighted by Gasteiger charge is 2.10. The Hall–Kier alpha value is -1.32. The summed E-state index contributed by atoms with van der Waals surface area (Å²) < 4.78 is 0.839. The zero-order chi connectivity index (χ0) is 14.5. The first-order valence-corrected chi connectivity index (χ1v) is 7.52. The first kappa shape index (κ1) is 15.1. The number of carbonyl (C=O) groups is 1. The largest absolute Gasteiger partial charge is 0.352 e. The van der Waals surface area contributed by atoms with Gasteiger partial charge in [-0.15, -0.1) is 0 Å². The van der Waals surface area contributed by atoms with Gasteiger partial charge < -0.3 is 5.32 Å². The molecule has 2 nitrogen and oxygen atoms in total. The van der Waals surface area contributed by atoms with Crippen LogP contribution in [0, 0.1) is 6.92 Å². The van der Waals surface area contributed by atoms with Crippen molar-refractivity contribution in [3.05, 3.63) is 68.7 Å². The molecule has 104 valence electrons. The molecule has 0 saturated heterocycles. The highest BCUT2D eigenvalue weighted by atomic mass is 79.9. The fraction of sp³-hybridized carbons (Fsp3) is 0.188. The summed E-state index contributed by atoms with van der Waals surface area (Å²) in [5.41, 5.74) is 2.93. The van der Waals surface area contributed by atoms with Crippen molar-refractivity contribution >= 4 is 33.4 Å². The molecule has 0 aliphatic carbocycles. The first-order valence-electron chi connectivity index (χ1n) is 6.35. The molecule has 1 amide bonds. The van der Waals surface area contributed by atoms with Crippen LogP contribution in [0.4, 0.5) is 0 Å². The van der Waals surface area contributed by atoms with Gasteiger partial charge in [-0.25, -0.2) is 0 Å². The molecule has 0 saturated carbocycles. The van der Waals surface area contributed by atoms with Crippen molar-refractivity contribution in [2.75, 3.05) is 6.54 Å². The van der Waals surface area contributed by atoms with Gasteiger partial charge >= 0.3 is 0 Å². The number of carbonyl (C=O) groups excluding carboxylic acids is 1. The molecule has 2 aromatic rings. The van der Waals surface area contributed by atoms with E-state index in [0.29, 0.717) is 17.1 Å². The third-order valence-corrected chi connectivity index (χ3v) is 3.78. The lowest BCUT2D eigenvalue weighted by Gasteiger charge is -2.08.